The van der Waals surface area contributed by atoms with Crippen molar-refractivity contribution in [3.8, 4) is 0 Å². The number of nitrogens with one attached hydrogen (secondary N) is 1. The van der Waals surface area contributed by atoms with E-state index in [0.29, 0.717) is 18.5 Å². The normalized spacial score (nSPS) is 38.8. The van der Waals surface area contributed by atoms with Gasteiger partial charge in [0.2, 0.25) is 0 Å². The highest BCUT2D eigenvalue weighted by Crippen LogP contribution is 2.34. The first-order valence-electron chi connectivity index (χ1n) is 4.96. The van der Waals surface area contributed by atoms with Gasteiger partial charge in [-0.15, -0.1) is 0 Å². The Bertz CT molecular complexity index is 229. The summed E-state index contributed by atoms with van der Waals surface area (Å²) in [7, 11) is 0. The molecule has 0 aromatic rings. The van der Waals surface area contributed by atoms with E-state index in [9.17, 15) is 0 Å². The highest BCUT2D eigenvalue weighted by Gasteiger charge is 2.44. The molecule has 1 fully saturated rings. The lowest BCUT2D eigenvalue weighted by Crippen LogP contribution is -2.49. The lowest BCUT2D eigenvalue weighted by molar-refractivity contribution is 0.148. The van der Waals surface area contributed by atoms with Gasteiger partial charge < -0.3 is 15.8 Å². The molecule has 74 valence electrons. The predicted molar refractivity (Wildman–Crippen MR) is 51.6 cm³/mol. The van der Waals surface area contributed by atoms with Crippen LogP contribution >= 0.6 is 0 Å². The third-order valence-electron chi connectivity index (χ3n) is 3.18. The van der Waals surface area contributed by atoms with Gasteiger partial charge in [-0.05, 0) is 25.3 Å². The van der Waals surface area contributed by atoms with Gasteiger partial charge >= 0.3 is 0 Å². The lowest BCUT2D eigenvalue weighted by Gasteiger charge is -2.37. The molecule has 0 saturated carbocycles. The van der Waals surface area contributed by atoms with Crippen LogP contribution in [-0.4, -0.2) is 31.3 Å². The molecule has 0 amide bonds. The van der Waals surface area contributed by atoms with E-state index in [-0.39, 0.29) is 5.54 Å². The van der Waals surface area contributed by atoms with Crippen LogP contribution in [0.25, 0.3) is 0 Å². The van der Waals surface area contributed by atoms with E-state index in [1.165, 1.54) is 0 Å². The van der Waals surface area contributed by atoms with Crippen molar-refractivity contribution < 1.29 is 4.74 Å². The van der Waals surface area contributed by atoms with Gasteiger partial charge in [0.05, 0.1) is 0 Å². The van der Waals surface area contributed by atoms with E-state index in [2.05, 4.69) is 17.2 Å². The number of piperidine rings is 1. The first kappa shape index (κ1) is 8.81. The summed E-state index contributed by atoms with van der Waals surface area (Å²) in [5, 5.41) is 3.39. The van der Waals surface area contributed by atoms with Crippen molar-refractivity contribution >= 4 is 6.02 Å². The van der Waals surface area contributed by atoms with E-state index >= 15 is 0 Å². The Morgan fingerprint density at radius 1 is 1.77 bits per heavy atom. The van der Waals surface area contributed by atoms with Crippen LogP contribution < -0.4 is 11.1 Å². The Balaban J connectivity index is 2.18. The second-order valence-electron chi connectivity index (χ2n) is 3.90. The van der Waals surface area contributed by atoms with Gasteiger partial charge in [-0.25, -0.2) is 4.99 Å². The fourth-order valence-electron chi connectivity index (χ4n) is 2.32. The minimum atomic E-state index is -0.00984. The van der Waals surface area contributed by atoms with Crippen LogP contribution in [0.1, 0.15) is 19.8 Å². The Kier molecular flexibility index (Phi) is 2.15. The van der Waals surface area contributed by atoms with Crippen LogP contribution in [0.3, 0.4) is 0 Å². The van der Waals surface area contributed by atoms with Crippen LogP contribution in [0, 0.1) is 5.92 Å². The minimum absolute atomic E-state index is 0.00984. The van der Waals surface area contributed by atoms with E-state index in [0.717, 1.165) is 25.9 Å². The van der Waals surface area contributed by atoms with E-state index in [1.807, 2.05) is 0 Å². The molecule has 2 atom stereocenters. The first-order valence-corrected chi connectivity index (χ1v) is 4.96. The van der Waals surface area contributed by atoms with Gasteiger partial charge in [-0.3, -0.25) is 0 Å². The number of nitrogens with zero attached hydrogens (tertiary/aromatic N) is 1. The Labute approximate surface area is 78.5 Å². The average Bonchev–Trinajstić information content (AvgIpc) is 2.49. The summed E-state index contributed by atoms with van der Waals surface area (Å²) in [5.41, 5.74) is 5.55. The van der Waals surface area contributed by atoms with E-state index < -0.39 is 0 Å². The van der Waals surface area contributed by atoms with Gasteiger partial charge in [0, 0.05) is 6.54 Å². The molecule has 0 radical (unpaired) electrons. The zero-order chi connectivity index (χ0) is 9.31. The maximum absolute atomic E-state index is 5.56. The number of rotatable bonds is 1. The largest absolute Gasteiger partial charge is 0.463 e. The summed E-state index contributed by atoms with van der Waals surface area (Å²) in [5.74, 6) is 0.572. The topological polar surface area (TPSA) is 59.6 Å². The summed E-state index contributed by atoms with van der Waals surface area (Å²) in [6.07, 6.45) is 2.18. The number of amidine groups is 1. The molecule has 2 aliphatic heterocycles. The van der Waals surface area contributed by atoms with Gasteiger partial charge in [-0.1, -0.05) is 6.92 Å². The molecule has 1 saturated heterocycles. The quantitative estimate of drug-likeness (QED) is 0.605. The fraction of sp³-hybridized carbons (Fsp3) is 0.889. The molecule has 4 heteroatoms. The van der Waals surface area contributed by atoms with Crippen molar-refractivity contribution in [2.24, 2.45) is 16.6 Å². The summed E-state index contributed by atoms with van der Waals surface area (Å²) in [6.45, 7) is 4.94. The zero-order valence-electron chi connectivity index (χ0n) is 8.05. The van der Waals surface area contributed by atoms with Gasteiger partial charge in [0.25, 0.3) is 6.02 Å². The zero-order valence-corrected chi connectivity index (χ0v) is 8.05. The molecule has 2 aliphatic rings. The van der Waals surface area contributed by atoms with E-state index in [4.69, 9.17) is 10.5 Å². The SMILES string of the molecule is CCC1CNCCC12COC(N)=N2. The summed E-state index contributed by atoms with van der Waals surface area (Å²) in [4.78, 5) is 4.46. The van der Waals surface area contributed by atoms with Crippen molar-refractivity contribution in [3.05, 3.63) is 0 Å². The number of ether oxygens (including phenoxy) is 1. The maximum atomic E-state index is 5.56. The fourth-order valence-corrected chi connectivity index (χ4v) is 2.32. The Hall–Kier alpha value is -0.770. The third-order valence-corrected chi connectivity index (χ3v) is 3.18. The van der Waals surface area contributed by atoms with Gasteiger partial charge in [-0.2, -0.15) is 0 Å². The van der Waals surface area contributed by atoms with Crippen LogP contribution in [0.4, 0.5) is 0 Å². The van der Waals surface area contributed by atoms with Crippen molar-refractivity contribution in [2.75, 3.05) is 19.7 Å². The monoisotopic (exact) mass is 183 g/mol. The van der Waals surface area contributed by atoms with Crippen LogP contribution in [0.2, 0.25) is 0 Å². The second-order valence-corrected chi connectivity index (χ2v) is 3.90. The first-order chi connectivity index (χ1) is 6.27. The number of aliphatic imine (C=N–C) groups is 1. The highest BCUT2D eigenvalue weighted by molar-refractivity contribution is 5.73. The Morgan fingerprint density at radius 2 is 2.62 bits per heavy atom. The average molecular weight is 183 g/mol. The summed E-state index contributed by atoms with van der Waals surface area (Å²) < 4.78 is 5.28. The number of nitrogens with two attached hydrogens (primary N) is 1. The van der Waals surface area contributed by atoms with E-state index in [1.54, 1.807) is 0 Å². The van der Waals surface area contributed by atoms with Crippen LogP contribution in [0.5, 0.6) is 0 Å². The summed E-state index contributed by atoms with van der Waals surface area (Å²) >= 11 is 0. The predicted octanol–water partition coefficient (Wildman–Crippen LogP) is 0.0896. The molecule has 0 aromatic carbocycles. The Morgan fingerprint density at radius 3 is 3.23 bits per heavy atom. The van der Waals surface area contributed by atoms with Crippen LogP contribution in [-0.2, 0) is 4.74 Å². The molecule has 2 heterocycles. The van der Waals surface area contributed by atoms with Crippen molar-refractivity contribution in [2.45, 2.75) is 25.3 Å². The smallest absolute Gasteiger partial charge is 0.282 e. The molecule has 0 aliphatic carbocycles. The number of hydrogen-bond acceptors (Lipinski definition) is 4. The molecule has 2 rings (SSSR count). The molecular weight excluding hydrogens is 166 g/mol. The molecule has 1 spiro atoms. The molecule has 2 unspecified atom stereocenters. The van der Waals surface area contributed by atoms with Crippen molar-refractivity contribution in [1.29, 1.82) is 0 Å². The highest BCUT2D eigenvalue weighted by atomic mass is 16.5. The molecular formula is C9H17N3O. The molecule has 0 aromatic heterocycles. The van der Waals surface area contributed by atoms with Crippen LogP contribution in [0.15, 0.2) is 4.99 Å². The second kappa shape index (κ2) is 3.18. The lowest BCUT2D eigenvalue weighted by atomic mass is 9.78. The minimum Gasteiger partial charge on any atom is -0.463 e. The van der Waals surface area contributed by atoms with Crippen molar-refractivity contribution in [1.82, 2.24) is 5.32 Å². The summed E-state index contributed by atoms with van der Waals surface area (Å²) in [6, 6.07) is 0.375. The van der Waals surface area contributed by atoms with Gasteiger partial charge in [0.1, 0.15) is 12.1 Å². The van der Waals surface area contributed by atoms with Gasteiger partial charge in [0.15, 0.2) is 0 Å². The maximum Gasteiger partial charge on any atom is 0.282 e. The molecule has 4 nitrogen and oxygen atoms in total. The molecule has 3 N–H and O–H groups in total. The standard InChI is InChI=1S/C9H17N3O/c1-2-7-5-11-4-3-9(7)6-13-8(10)12-9/h7,11H,2-6H2,1H3,(H2,10,12). The molecule has 0 bridgehead atoms. The third kappa shape index (κ3) is 1.39. The van der Waals surface area contributed by atoms with Crippen molar-refractivity contribution in [3.63, 3.8) is 0 Å². The number of hydrogen-bond donors (Lipinski definition) is 2. The molecule has 13 heavy (non-hydrogen) atoms.